The highest BCUT2D eigenvalue weighted by atomic mass is 32.1. The number of rotatable bonds is 7. The number of anilines is 1. The lowest BCUT2D eigenvalue weighted by atomic mass is 9.97. The Morgan fingerprint density at radius 3 is 2.50 bits per heavy atom. The van der Waals surface area contributed by atoms with Gasteiger partial charge in [0, 0.05) is 11.3 Å². The number of carbonyl (C=O) groups is 1. The molecule has 30 heavy (non-hydrogen) atoms. The summed E-state index contributed by atoms with van der Waals surface area (Å²) in [5, 5.41) is 6.18. The highest BCUT2D eigenvalue weighted by Crippen LogP contribution is 2.26. The van der Waals surface area contributed by atoms with Crippen LogP contribution >= 0.6 is 12.2 Å². The van der Waals surface area contributed by atoms with E-state index in [-0.39, 0.29) is 11.0 Å². The molecule has 0 aliphatic heterocycles. The molecule has 0 aliphatic carbocycles. The van der Waals surface area contributed by atoms with E-state index < -0.39 is 0 Å². The Bertz CT molecular complexity index is 1000. The molecule has 1 atom stereocenters. The van der Waals surface area contributed by atoms with E-state index in [1.165, 1.54) is 5.56 Å². The van der Waals surface area contributed by atoms with Crippen molar-refractivity contribution >= 4 is 28.9 Å². The third-order valence-corrected chi connectivity index (χ3v) is 5.13. The molecule has 2 N–H and O–H groups in total. The number of hydrogen-bond acceptors (Lipinski definition) is 3. The van der Waals surface area contributed by atoms with E-state index in [9.17, 15) is 4.79 Å². The van der Waals surface area contributed by atoms with Crippen molar-refractivity contribution < 1.29 is 9.53 Å². The fourth-order valence-corrected chi connectivity index (χ4v) is 3.26. The van der Waals surface area contributed by atoms with Crippen molar-refractivity contribution in [2.24, 2.45) is 0 Å². The molecule has 0 bridgehead atoms. The minimum absolute atomic E-state index is 0.270. The first kappa shape index (κ1) is 21.5. The zero-order chi connectivity index (χ0) is 21.3. The highest BCUT2D eigenvalue weighted by molar-refractivity contribution is 7.80. The third-order valence-electron chi connectivity index (χ3n) is 4.92. The van der Waals surface area contributed by atoms with Gasteiger partial charge in [0.15, 0.2) is 5.11 Å². The molecule has 3 rings (SSSR count). The van der Waals surface area contributed by atoms with Gasteiger partial charge < -0.3 is 10.1 Å². The largest absolute Gasteiger partial charge is 0.489 e. The molecule has 4 nitrogen and oxygen atoms in total. The lowest BCUT2D eigenvalue weighted by molar-refractivity contribution is 0.0977. The van der Waals surface area contributed by atoms with Gasteiger partial charge in [-0.3, -0.25) is 10.1 Å². The predicted octanol–water partition coefficient (Wildman–Crippen LogP) is 5.91. The second-order valence-corrected chi connectivity index (χ2v) is 7.52. The number of hydrogen-bond donors (Lipinski definition) is 2. The highest BCUT2D eigenvalue weighted by Gasteiger charge is 2.12. The van der Waals surface area contributed by atoms with Crippen LogP contribution in [-0.2, 0) is 6.61 Å². The van der Waals surface area contributed by atoms with E-state index in [0.29, 0.717) is 23.8 Å². The van der Waals surface area contributed by atoms with Crippen LogP contribution in [0, 0.1) is 0 Å². The lowest BCUT2D eigenvalue weighted by Crippen LogP contribution is -2.34. The number of ether oxygens (including phenoxy) is 1. The van der Waals surface area contributed by atoms with Crippen LogP contribution in [-0.4, -0.2) is 11.0 Å². The quantitative estimate of drug-likeness (QED) is 0.469. The number of para-hydroxylation sites is 1. The van der Waals surface area contributed by atoms with E-state index in [1.54, 1.807) is 18.2 Å². The van der Waals surface area contributed by atoms with Crippen LogP contribution in [0.4, 0.5) is 5.69 Å². The Morgan fingerprint density at radius 1 is 1.00 bits per heavy atom. The van der Waals surface area contributed by atoms with Gasteiger partial charge in [-0.05, 0) is 59.9 Å². The maximum absolute atomic E-state index is 12.7. The molecule has 3 aromatic rings. The Kier molecular flexibility index (Phi) is 7.57. The average Bonchev–Trinajstić information content (AvgIpc) is 2.78. The molecule has 0 heterocycles. The average molecular weight is 419 g/mol. The first-order chi connectivity index (χ1) is 14.6. The topological polar surface area (TPSA) is 50.4 Å². The number of amides is 1. The standard InChI is InChI=1S/C25H26N2O2S/c1-3-18(2)22-14-7-8-15-23(22)26-25(30)27-24(28)20-12-9-13-21(16-20)29-17-19-10-5-4-6-11-19/h4-16,18H,3,17H2,1-2H3,(H2,26,27,28,30)/t18-/m0/s1. The van der Waals surface area contributed by atoms with Gasteiger partial charge in [0.2, 0.25) is 0 Å². The summed E-state index contributed by atoms with van der Waals surface area (Å²) in [6.07, 6.45) is 1.02. The molecule has 0 spiro atoms. The monoisotopic (exact) mass is 418 g/mol. The summed E-state index contributed by atoms with van der Waals surface area (Å²) in [5.74, 6) is 0.747. The Hall–Kier alpha value is -3.18. The normalized spacial score (nSPS) is 11.4. The summed E-state index contributed by atoms with van der Waals surface area (Å²) >= 11 is 5.37. The van der Waals surface area contributed by atoms with E-state index in [1.807, 2.05) is 54.6 Å². The summed E-state index contributed by atoms with van der Waals surface area (Å²) in [6, 6.07) is 25.0. The minimum atomic E-state index is -0.279. The molecule has 0 aromatic heterocycles. The van der Waals surface area contributed by atoms with Gasteiger partial charge in [0.25, 0.3) is 5.91 Å². The van der Waals surface area contributed by atoms with Crippen molar-refractivity contribution in [3.63, 3.8) is 0 Å². The van der Waals surface area contributed by atoms with Crippen molar-refractivity contribution in [1.29, 1.82) is 0 Å². The zero-order valence-electron chi connectivity index (χ0n) is 17.2. The van der Waals surface area contributed by atoms with Gasteiger partial charge in [0.05, 0.1) is 0 Å². The Balaban J connectivity index is 1.61. The molecule has 0 saturated heterocycles. The fourth-order valence-electron chi connectivity index (χ4n) is 3.06. The van der Waals surface area contributed by atoms with Crippen LogP contribution in [0.2, 0.25) is 0 Å². The van der Waals surface area contributed by atoms with Crippen LogP contribution in [0.3, 0.4) is 0 Å². The summed E-state index contributed by atoms with van der Waals surface area (Å²) in [4.78, 5) is 12.7. The van der Waals surface area contributed by atoms with Crippen LogP contribution in [0.5, 0.6) is 5.75 Å². The van der Waals surface area contributed by atoms with Crippen LogP contribution in [0.1, 0.15) is 47.7 Å². The maximum Gasteiger partial charge on any atom is 0.257 e. The summed E-state index contributed by atoms with van der Waals surface area (Å²) in [6.45, 7) is 4.76. The lowest BCUT2D eigenvalue weighted by Gasteiger charge is -2.17. The Morgan fingerprint density at radius 2 is 1.73 bits per heavy atom. The van der Waals surface area contributed by atoms with Crippen LogP contribution in [0.15, 0.2) is 78.9 Å². The second-order valence-electron chi connectivity index (χ2n) is 7.11. The van der Waals surface area contributed by atoms with Crippen molar-refractivity contribution in [3.05, 3.63) is 95.6 Å². The minimum Gasteiger partial charge on any atom is -0.489 e. The first-order valence-electron chi connectivity index (χ1n) is 10.0. The molecule has 3 aromatic carbocycles. The molecule has 5 heteroatoms. The van der Waals surface area contributed by atoms with Gasteiger partial charge >= 0.3 is 0 Å². The van der Waals surface area contributed by atoms with Gasteiger partial charge in [-0.2, -0.15) is 0 Å². The van der Waals surface area contributed by atoms with Crippen LogP contribution in [0.25, 0.3) is 0 Å². The van der Waals surface area contributed by atoms with Gasteiger partial charge in [-0.15, -0.1) is 0 Å². The number of carbonyl (C=O) groups excluding carboxylic acids is 1. The van der Waals surface area contributed by atoms with E-state index in [4.69, 9.17) is 17.0 Å². The molecular weight excluding hydrogens is 392 g/mol. The zero-order valence-corrected chi connectivity index (χ0v) is 18.0. The first-order valence-corrected chi connectivity index (χ1v) is 10.5. The number of benzene rings is 3. The fraction of sp³-hybridized carbons (Fsp3) is 0.200. The van der Waals surface area contributed by atoms with E-state index in [2.05, 4.69) is 30.5 Å². The summed E-state index contributed by atoms with van der Waals surface area (Å²) in [5.41, 5.74) is 3.64. The molecule has 0 unspecified atom stereocenters. The molecule has 0 fully saturated rings. The van der Waals surface area contributed by atoms with Crippen molar-refractivity contribution in [1.82, 2.24) is 5.32 Å². The van der Waals surface area contributed by atoms with Crippen LogP contribution < -0.4 is 15.4 Å². The van der Waals surface area contributed by atoms with Gasteiger partial charge in [0.1, 0.15) is 12.4 Å². The molecule has 0 radical (unpaired) electrons. The van der Waals surface area contributed by atoms with E-state index in [0.717, 1.165) is 17.7 Å². The number of thiocarbonyl (C=S) groups is 1. The smallest absolute Gasteiger partial charge is 0.257 e. The summed E-state index contributed by atoms with van der Waals surface area (Å²) < 4.78 is 5.81. The summed E-state index contributed by atoms with van der Waals surface area (Å²) in [7, 11) is 0. The molecule has 0 aliphatic rings. The number of nitrogens with one attached hydrogen (secondary N) is 2. The van der Waals surface area contributed by atoms with Crippen molar-refractivity contribution in [2.75, 3.05) is 5.32 Å². The predicted molar refractivity (Wildman–Crippen MR) is 126 cm³/mol. The maximum atomic E-state index is 12.7. The molecule has 154 valence electrons. The van der Waals surface area contributed by atoms with Gasteiger partial charge in [-0.25, -0.2) is 0 Å². The van der Waals surface area contributed by atoms with E-state index >= 15 is 0 Å². The SMILES string of the molecule is CC[C@H](C)c1ccccc1NC(=S)NC(=O)c1cccc(OCc2ccccc2)c1. The van der Waals surface area contributed by atoms with Crippen molar-refractivity contribution in [2.45, 2.75) is 32.8 Å². The molecule has 0 saturated carbocycles. The van der Waals surface area contributed by atoms with Crippen molar-refractivity contribution in [3.8, 4) is 5.75 Å². The molecular formula is C25H26N2O2S. The second kappa shape index (κ2) is 10.6. The van der Waals surface area contributed by atoms with Gasteiger partial charge in [-0.1, -0.05) is 68.4 Å². The Labute approximate surface area is 183 Å². The third kappa shape index (κ3) is 5.91. The molecule has 1 amide bonds.